The highest BCUT2D eigenvalue weighted by Gasteiger charge is 2.18. The number of amides is 3. The van der Waals surface area contributed by atoms with Gasteiger partial charge in [-0.05, 0) is 61.5 Å². The Morgan fingerprint density at radius 1 is 0.775 bits per heavy atom. The second kappa shape index (κ2) is 13.8. The van der Waals surface area contributed by atoms with Crippen LogP contribution in [0.3, 0.4) is 0 Å². The van der Waals surface area contributed by atoms with E-state index in [1.54, 1.807) is 67.8 Å². The van der Waals surface area contributed by atoms with E-state index in [-0.39, 0.29) is 16.9 Å². The van der Waals surface area contributed by atoms with Crippen molar-refractivity contribution in [3.8, 4) is 5.75 Å². The number of anilines is 2. The van der Waals surface area contributed by atoms with Crippen LogP contribution in [0.1, 0.15) is 22.8 Å². The van der Waals surface area contributed by atoms with Gasteiger partial charge in [0.15, 0.2) is 0 Å². The summed E-state index contributed by atoms with van der Waals surface area (Å²) in [6, 6.07) is 32.3. The molecule has 0 aliphatic heterocycles. The third-order valence-corrected chi connectivity index (χ3v) is 6.88. The van der Waals surface area contributed by atoms with Crippen molar-refractivity contribution in [2.45, 2.75) is 17.1 Å². The first kappa shape index (κ1) is 28.2. The number of nitrogens with one attached hydrogen (secondary N) is 3. The molecule has 1 atom stereocenters. The fourth-order valence-electron chi connectivity index (χ4n) is 3.75. The average Bonchev–Trinajstić information content (AvgIpc) is 2.98. The van der Waals surface area contributed by atoms with E-state index in [4.69, 9.17) is 4.74 Å². The first-order chi connectivity index (χ1) is 19.4. The normalized spacial score (nSPS) is 11.7. The van der Waals surface area contributed by atoms with Crippen molar-refractivity contribution in [1.29, 1.82) is 0 Å². The molecule has 0 radical (unpaired) electrons. The molecule has 4 aromatic rings. The fourth-order valence-corrected chi connectivity index (χ4v) is 4.68. The van der Waals surface area contributed by atoms with Crippen molar-refractivity contribution in [1.82, 2.24) is 5.32 Å². The molecule has 40 heavy (non-hydrogen) atoms. The monoisotopic (exact) mass is 551 g/mol. The second-order valence-electron chi connectivity index (χ2n) is 8.72. The summed E-state index contributed by atoms with van der Waals surface area (Å²) in [4.78, 5) is 39.8. The summed E-state index contributed by atoms with van der Waals surface area (Å²) in [5.74, 6) is -0.495. The molecule has 1 unspecified atom stereocenters. The number of hydrogen-bond donors (Lipinski definition) is 3. The van der Waals surface area contributed by atoms with Crippen LogP contribution in [0, 0.1) is 0 Å². The zero-order chi connectivity index (χ0) is 28.3. The molecule has 0 spiro atoms. The lowest BCUT2D eigenvalue weighted by molar-refractivity contribution is -0.115. The molecule has 3 N–H and O–H groups in total. The molecule has 0 fully saturated rings. The Labute approximate surface area is 237 Å². The number of rotatable bonds is 10. The minimum absolute atomic E-state index is 0.0482. The Morgan fingerprint density at radius 2 is 1.43 bits per heavy atom. The van der Waals surface area contributed by atoms with E-state index in [2.05, 4.69) is 16.0 Å². The number of para-hydroxylation sites is 2. The molecular weight excluding hydrogens is 522 g/mol. The summed E-state index contributed by atoms with van der Waals surface area (Å²) in [7, 11) is 1.54. The van der Waals surface area contributed by atoms with Crippen molar-refractivity contribution < 1.29 is 19.1 Å². The van der Waals surface area contributed by atoms with Crippen LogP contribution in [0.4, 0.5) is 11.4 Å². The molecule has 0 aromatic heterocycles. The van der Waals surface area contributed by atoms with E-state index in [1.165, 1.54) is 11.8 Å². The standard InChI is InChI=1S/C32H29N3O4S/c1-22(30(36)33-25-15-7-4-8-16-25)40-27-18-11-17-26(21-27)34-32(38)28(20-24-14-9-10-19-29(24)39-2)35-31(37)23-12-5-3-6-13-23/h3-22H,1-2H3,(H,33,36)(H,34,38)(H,35,37)/b28-20+. The van der Waals surface area contributed by atoms with Gasteiger partial charge in [-0.15, -0.1) is 11.8 Å². The van der Waals surface area contributed by atoms with Gasteiger partial charge in [-0.25, -0.2) is 0 Å². The van der Waals surface area contributed by atoms with Crippen LogP contribution >= 0.6 is 11.8 Å². The molecule has 0 heterocycles. The van der Waals surface area contributed by atoms with E-state index in [0.29, 0.717) is 22.6 Å². The molecule has 4 aromatic carbocycles. The van der Waals surface area contributed by atoms with Crippen molar-refractivity contribution in [3.05, 3.63) is 126 Å². The highest BCUT2D eigenvalue weighted by Crippen LogP contribution is 2.27. The molecule has 0 aliphatic carbocycles. The molecule has 7 nitrogen and oxygen atoms in total. The Hall–Kier alpha value is -4.82. The van der Waals surface area contributed by atoms with Gasteiger partial charge >= 0.3 is 0 Å². The van der Waals surface area contributed by atoms with Crippen LogP contribution in [0.15, 0.2) is 120 Å². The summed E-state index contributed by atoms with van der Waals surface area (Å²) in [6.07, 6.45) is 1.57. The molecule has 0 saturated heterocycles. The summed E-state index contributed by atoms with van der Waals surface area (Å²) in [6.45, 7) is 1.82. The number of hydrogen-bond acceptors (Lipinski definition) is 5. The highest BCUT2D eigenvalue weighted by atomic mass is 32.2. The number of benzene rings is 4. The minimum Gasteiger partial charge on any atom is -0.496 e. The van der Waals surface area contributed by atoms with Gasteiger partial charge in [0.2, 0.25) is 5.91 Å². The molecular formula is C32H29N3O4S. The van der Waals surface area contributed by atoms with Gasteiger partial charge in [-0.1, -0.05) is 60.7 Å². The second-order valence-corrected chi connectivity index (χ2v) is 10.1. The molecule has 3 amide bonds. The van der Waals surface area contributed by atoms with E-state index in [9.17, 15) is 14.4 Å². The van der Waals surface area contributed by atoms with Crippen LogP contribution in [0.25, 0.3) is 6.08 Å². The number of ether oxygens (including phenoxy) is 1. The molecule has 4 rings (SSSR count). The maximum atomic E-state index is 13.4. The van der Waals surface area contributed by atoms with Gasteiger partial charge in [0.25, 0.3) is 11.8 Å². The lowest BCUT2D eigenvalue weighted by atomic mass is 10.1. The third kappa shape index (κ3) is 7.85. The van der Waals surface area contributed by atoms with Gasteiger partial charge in [-0.3, -0.25) is 14.4 Å². The fraction of sp³-hybridized carbons (Fsp3) is 0.0938. The van der Waals surface area contributed by atoms with Crippen LogP contribution < -0.4 is 20.7 Å². The van der Waals surface area contributed by atoms with Crippen molar-refractivity contribution in [2.75, 3.05) is 17.7 Å². The average molecular weight is 552 g/mol. The van der Waals surface area contributed by atoms with Gasteiger partial charge in [-0.2, -0.15) is 0 Å². The number of carbonyl (C=O) groups excluding carboxylic acids is 3. The third-order valence-electron chi connectivity index (χ3n) is 5.78. The Bertz CT molecular complexity index is 1510. The van der Waals surface area contributed by atoms with Crippen molar-refractivity contribution in [2.24, 2.45) is 0 Å². The highest BCUT2D eigenvalue weighted by molar-refractivity contribution is 8.00. The predicted octanol–water partition coefficient (Wildman–Crippen LogP) is 6.22. The van der Waals surface area contributed by atoms with Gasteiger partial charge in [0, 0.05) is 27.4 Å². The number of methoxy groups -OCH3 is 1. The Balaban J connectivity index is 1.51. The zero-order valence-corrected chi connectivity index (χ0v) is 22.9. The molecule has 202 valence electrons. The maximum absolute atomic E-state index is 13.4. The smallest absolute Gasteiger partial charge is 0.272 e. The van der Waals surface area contributed by atoms with Crippen LogP contribution in [-0.4, -0.2) is 30.1 Å². The predicted molar refractivity (Wildman–Crippen MR) is 160 cm³/mol. The van der Waals surface area contributed by atoms with E-state index >= 15 is 0 Å². The van der Waals surface area contributed by atoms with Gasteiger partial charge in [0.1, 0.15) is 11.4 Å². The van der Waals surface area contributed by atoms with Crippen LogP contribution in [-0.2, 0) is 9.59 Å². The quantitative estimate of drug-likeness (QED) is 0.161. The summed E-state index contributed by atoms with van der Waals surface area (Å²) >= 11 is 1.37. The van der Waals surface area contributed by atoms with E-state index < -0.39 is 11.8 Å². The largest absolute Gasteiger partial charge is 0.496 e. The topological polar surface area (TPSA) is 96.5 Å². The lowest BCUT2D eigenvalue weighted by Crippen LogP contribution is -2.30. The Kier molecular flexibility index (Phi) is 9.74. The Morgan fingerprint density at radius 3 is 2.15 bits per heavy atom. The van der Waals surface area contributed by atoms with Gasteiger partial charge in [0.05, 0.1) is 12.4 Å². The van der Waals surface area contributed by atoms with E-state index in [0.717, 1.165) is 10.6 Å². The van der Waals surface area contributed by atoms with Crippen molar-refractivity contribution in [3.63, 3.8) is 0 Å². The molecule has 0 saturated carbocycles. The first-order valence-corrected chi connectivity index (χ1v) is 13.5. The zero-order valence-electron chi connectivity index (χ0n) is 22.1. The molecule has 8 heteroatoms. The number of carbonyl (C=O) groups is 3. The first-order valence-electron chi connectivity index (χ1n) is 12.6. The van der Waals surface area contributed by atoms with E-state index in [1.807, 2.05) is 61.5 Å². The van der Waals surface area contributed by atoms with Crippen molar-refractivity contribution >= 4 is 46.9 Å². The molecule has 0 aliphatic rings. The summed E-state index contributed by atoms with van der Waals surface area (Å²) in [5, 5.41) is 8.12. The SMILES string of the molecule is COc1ccccc1/C=C(/NC(=O)c1ccccc1)C(=O)Nc1cccc(SC(C)C(=O)Nc2ccccc2)c1. The van der Waals surface area contributed by atoms with Crippen LogP contribution in [0.2, 0.25) is 0 Å². The lowest BCUT2D eigenvalue weighted by Gasteiger charge is -2.14. The van der Waals surface area contributed by atoms with Gasteiger partial charge < -0.3 is 20.7 Å². The van der Waals surface area contributed by atoms with Crippen LogP contribution in [0.5, 0.6) is 5.75 Å². The summed E-state index contributed by atoms with van der Waals surface area (Å²) < 4.78 is 5.42. The summed E-state index contributed by atoms with van der Waals surface area (Å²) in [5.41, 5.74) is 2.35. The maximum Gasteiger partial charge on any atom is 0.272 e. The molecule has 0 bridgehead atoms. The number of thioether (sulfide) groups is 1. The minimum atomic E-state index is -0.507.